The molecule has 1 N–H and O–H groups in total. The molecule has 1 aliphatic heterocycles. The molecule has 0 radical (unpaired) electrons. The van der Waals surface area contributed by atoms with Crippen molar-refractivity contribution in [3.05, 3.63) is 28.8 Å². The quantitative estimate of drug-likeness (QED) is 0.809. The summed E-state index contributed by atoms with van der Waals surface area (Å²) in [4.78, 5) is 1.86. The second-order valence-electron chi connectivity index (χ2n) is 6.39. The molecule has 6 heteroatoms. The maximum atomic E-state index is 13.0. The van der Waals surface area contributed by atoms with Crippen molar-refractivity contribution >= 4 is 10.0 Å². The third-order valence-corrected chi connectivity index (χ3v) is 6.66. The number of piperazine rings is 1. The smallest absolute Gasteiger partial charge is 0.244 e. The highest BCUT2D eigenvalue weighted by atomic mass is 32.2. The molecule has 2 rings (SSSR count). The molecule has 0 saturated carbocycles. The van der Waals surface area contributed by atoms with Crippen LogP contribution in [0, 0.1) is 32.1 Å². The number of hydrogen-bond donors (Lipinski definition) is 1. The average molecular weight is 336 g/mol. The van der Waals surface area contributed by atoms with Crippen molar-refractivity contribution in [3.63, 3.8) is 0 Å². The standard InChI is InChI=1S/C17H25N3O2S/c1-14-12-15(2)17(16(3)13-14)23(21,22)20-10-8-19(9-11-20)7-5-4-6-18/h12-13H,4-5,7-11H2,1-3H3/p+1. The topological polar surface area (TPSA) is 65.6 Å². The van der Waals surface area contributed by atoms with Crippen LogP contribution < -0.4 is 4.90 Å². The van der Waals surface area contributed by atoms with Gasteiger partial charge in [0, 0.05) is 12.8 Å². The molecule has 1 fully saturated rings. The SMILES string of the molecule is Cc1cc(C)c(S(=O)(=O)N2CC[NH+](CCCC#N)CC2)c(C)c1. The van der Waals surface area contributed by atoms with E-state index in [2.05, 4.69) is 6.07 Å². The van der Waals surface area contributed by atoms with Gasteiger partial charge in [-0.05, 0) is 31.9 Å². The van der Waals surface area contributed by atoms with Crippen LogP contribution >= 0.6 is 0 Å². The average Bonchev–Trinajstić information content (AvgIpc) is 2.46. The molecular formula is C17H26N3O2S+. The van der Waals surface area contributed by atoms with Gasteiger partial charge in [-0.15, -0.1) is 0 Å². The van der Waals surface area contributed by atoms with E-state index in [1.54, 1.807) is 4.31 Å². The summed E-state index contributed by atoms with van der Waals surface area (Å²) in [5.41, 5.74) is 2.74. The first kappa shape index (κ1) is 17.9. The minimum absolute atomic E-state index is 0.469. The van der Waals surface area contributed by atoms with Crippen molar-refractivity contribution in [1.29, 1.82) is 5.26 Å². The lowest BCUT2D eigenvalue weighted by molar-refractivity contribution is -0.903. The molecule has 23 heavy (non-hydrogen) atoms. The van der Waals surface area contributed by atoms with Gasteiger partial charge < -0.3 is 4.90 Å². The van der Waals surface area contributed by atoms with E-state index in [0.29, 0.717) is 24.4 Å². The minimum Gasteiger partial charge on any atom is -0.333 e. The predicted octanol–water partition coefficient (Wildman–Crippen LogP) is 0.805. The molecule has 0 amide bonds. The minimum atomic E-state index is -3.42. The van der Waals surface area contributed by atoms with E-state index < -0.39 is 10.0 Å². The monoisotopic (exact) mass is 336 g/mol. The predicted molar refractivity (Wildman–Crippen MR) is 89.8 cm³/mol. The summed E-state index contributed by atoms with van der Waals surface area (Å²) in [6, 6.07) is 6.03. The van der Waals surface area contributed by atoms with Crippen LogP contribution in [0.3, 0.4) is 0 Å². The molecular weight excluding hydrogens is 310 g/mol. The highest BCUT2D eigenvalue weighted by molar-refractivity contribution is 7.89. The van der Waals surface area contributed by atoms with Crippen molar-refractivity contribution in [2.45, 2.75) is 38.5 Å². The van der Waals surface area contributed by atoms with Crippen LogP contribution in [-0.4, -0.2) is 45.4 Å². The van der Waals surface area contributed by atoms with Gasteiger partial charge in [0.2, 0.25) is 10.0 Å². The fourth-order valence-corrected chi connectivity index (χ4v) is 5.27. The van der Waals surface area contributed by atoms with Gasteiger partial charge >= 0.3 is 0 Å². The number of rotatable bonds is 5. The van der Waals surface area contributed by atoms with Crippen LogP contribution in [0.5, 0.6) is 0 Å². The first-order chi connectivity index (χ1) is 10.9. The second-order valence-corrected chi connectivity index (χ2v) is 8.27. The zero-order valence-electron chi connectivity index (χ0n) is 14.2. The van der Waals surface area contributed by atoms with Gasteiger partial charge in [0.05, 0.1) is 43.7 Å². The lowest BCUT2D eigenvalue weighted by atomic mass is 10.1. The maximum Gasteiger partial charge on any atom is 0.244 e. The fraction of sp³-hybridized carbons (Fsp3) is 0.588. The largest absolute Gasteiger partial charge is 0.333 e. The Labute approximate surface area is 139 Å². The zero-order chi connectivity index (χ0) is 17.0. The van der Waals surface area contributed by atoms with Crippen molar-refractivity contribution in [2.24, 2.45) is 0 Å². The van der Waals surface area contributed by atoms with Gasteiger partial charge in [0.25, 0.3) is 0 Å². The summed E-state index contributed by atoms with van der Waals surface area (Å²) < 4.78 is 27.6. The summed E-state index contributed by atoms with van der Waals surface area (Å²) in [5.74, 6) is 0. The van der Waals surface area contributed by atoms with Crippen molar-refractivity contribution < 1.29 is 13.3 Å². The third kappa shape index (κ3) is 4.11. The lowest BCUT2D eigenvalue weighted by Gasteiger charge is -2.32. The summed E-state index contributed by atoms with van der Waals surface area (Å²) >= 11 is 0. The Hall–Kier alpha value is -1.42. The van der Waals surface area contributed by atoms with Crippen LogP contribution in [0.25, 0.3) is 0 Å². The third-order valence-electron chi connectivity index (χ3n) is 4.45. The summed E-state index contributed by atoms with van der Waals surface area (Å²) in [6.07, 6.45) is 1.46. The first-order valence-electron chi connectivity index (χ1n) is 8.15. The summed E-state index contributed by atoms with van der Waals surface area (Å²) in [7, 11) is -3.42. The molecule has 126 valence electrons. The van der Waals surface area contributed by atoms with Gasteiger partial charge in [0.15, 0.2) is 0 Å². The summed E-state index contributed by atoms with van der Waals surface area (Å²) in [6.45, 7) is 9.41. The molecule has 1 aliphatic rings. The van der Waals surface area contributed by atoms with Gasteiger partial charge in [-0.25, -0.2) is 8.42 Å². The first-order valence-corrected chi connectivity index (χ1v) is 9.59. The number of quaternary nitrogens is 1. The number of aryl methyl sites for hydroxylation is 3. The Kier molecular flexibility index (Phi) is 5.79. The highest BCUT2D eigenvalue weighted by Crippen LogP contribution is 2.25. The van der Waals surface area contributed by atoms with E-state index >= 15 is 0 Å². The van der Waals surface area contributed by atoms with E-state index in [1.165, 1.54) is 4.90 Å². The van der Waals surface area contributed by atoms with E-state index in [1.807, 2.05) is 32.9 Å². The number of hydrogen-bond acceptors (Lipinski definition) is 3. The van der Waals surface area contributed by atoms with Gasteiger partial charge in [-0.3, -0.25) is 0 Å². The lowest BCUT2D eigenvalue weighted by Crippen LogP contribution is -3.14. The van der Waals surface area contributed by atoms with Gasteiger partial charge in [-0.2, -0.15) is 9.57 Å². The number of nitriles is 1. The Morgan fingerprint density at radius 1 is 1.17 bits per heavy atom. The maximum absolute atomic E-state index is 13.0. The Bertz CT molecular complexity index is 676. The zero-order valence-corrected chi connectivity index (χ0v) is 15.0. The number of nitrogens with zero attached hydrogens (tertiary/aromatic N) is 2. The van der Waals surface area contributed by atoms with Crippen molar-refractivity contribution in [3.8, 4) is 6.07 Å². The molecule has 0 aromatic heterocycles. The van der Waals surface area contributed by atoms with Crippen LogP contribution in [0.2, 0.25) is 0 Å². The van der Waals surface area contributed by atoms with E-state index in [0.717, 1.165) is 42.7 Å². The Morgan fingerprint density at radius 3 is 2.26 bits per heavy atom. The van der Waals surface area contributed by atoms with E-state index in [-0.39, 0.29) is 0 Å². The van der Waals surface area contributed by atoms with Crippen LogP contribution in [-0.2, 0) is 10.0 Å². The number of unbranched alkanes of at least 4 members (excludes halogenated alkanes) is 1. The molecule has 0 bridgehead atoms. The normalized spacial score (nSPS) is 17.1. The Balaban J connectivity index is 2.10. The Morgan fingerprint density at radius 2 is 1.74 bits per heavy atom. The molecule has 0 atom stereocenters. The van der Waals surface area contributed by atoms with Crippen LogP contribution in [0.1, 0.15) is 29.5 Å². The molecule has 0 unspecified atom stereocenters. The molecule has 1 aromatic rings. The van der Waals surface area contributed by atoms with E-state index in [4.69, 9.17) is 5.26 Å². The number of nitrogens with one attached hydrogen (secondary N) is 1. The fourth-order valence-electron chi connectivity index (χ4n) is 3.41. The number of sulfonamides is 1. The molecule has 1 heterocycles. The molecule has 1 saturated heterocycles. The van der Waals surface area contributed by atoms with Crippen molar-refractivity contribution in [2.75, 3.05) is 32.7 Å². The van der Waals surface area contributed by atoms with Crippen molar-refractivity contribution in [1.82, 2.24) is 4.31 Å². The molecule has 1 aromatic carbocycles. The highest BCUT2D eigenvalue weighted by Gasteiger charge is 2.32. The van der Waals surface area contributed by atoms with Crippen LogP contribution in [0.15, 0.2) is 17.0 Å². The second kappa shape index (κ2) is 7.43. The van der Waals surface area contributed by atoms with E-state index in [9.17, 15) is 8.42 Å². The molecule has 0 spiro atoms. The number of benzene rings is 1. The van der Waals surface area contributed by atoms with Crippen LogP contribution in [0.4, 0.5) is 0 Å². The molecule has 0 aliphatic carbocycles. The van der Waals surface area contributed by atoms with Gasteiger partial charge in [0.1, 0.15) is 0 Å². The van der Waals surface area contributed by atoms with Gasteiger partial charge in [-0.1, -0.05) is 17.7 Å². The molecule has 5 nitrogen and oxygen atoms in total. The summed E-state index contributed by atoms with van der Waals surface area (Å²) in [5, 5.41) is 8.60.